The molecule has 0 spiro atoms. The molecule has 3 aromatic rings. The third-order valence-corrected chi connectivity index (χ3v) is 8.52. The molecular weight excluding hydrogens is 550 g/mol. The van der Waals surface area contributed by atoms with E-state index in [4.69, 9.17) is 15.2 Å². The molecule has 1 aliphatic carbocycles. The summed E-state index contributed by atoms with van der Waals surface area (Å²) >= 11 is 2.45. The molecule has 2 aromatic heterocycles. The van der Waals surface area contributed by atoms with Crippen LogP contribution in [0.5, 0.6) is 11.5 Å². The number of Topliss-reactive ketones (excluding diaryl/α,β-unsaturated/α-hetero) is 1. The highest BCUT2D eigenvalue weighted by Gasteiger charge is 2.41. The van der Waals surface area contributed by atoms with E-state index in [1.807, 2.05) is 6.07 Å². The van der Waals surface area contributed by atoms with Gasteiger partial charge in [0.25, 0.3) is 0 Å². The average molecular weight is 576 g/mol. The number of nitriles is 1. The molecule has 1 aliphatic heterocycles. The second kappa shape index (κ2) is 11.8. The summed E-state index contributed by atoms with van der Waals surface area (Å²) < 4.78 is 11.0. The van der Waals surface area contributed by atoms with E-state index in [1.165, 1.54) is 37.3 Å². The zero-order valence-corrected chi connectivity index (χ0v) is 23.3. The van der Waals surface area contributed by atoms with Crippen molar-refractivity contribution in [1.29, 1.82) is 5.26 Å². The van der Waals surface area contributed by atoms with Crippen molar-refractivity contribution >= 4 is 45.6 Å². The van der Waals surface area contributed by atoms with E-state index in [0.717, 1.165) is 11.3 Å². The van der Waals surface area contributed by atoms with Gasteiger partial charge in [0, 0.05) is 54.0 Å². The van der Waals surface area contributed by atoms with E-state index in [9.17, 15) is 14.9 Å². The molecule has 3 N–H and O–H groups in total. The lowest BCUT2D eigenvalue weighted by Gasteiger charge is -2.37. The van der Waals surface area contributed by atoms with Crippen LogP contribution in [0.1, 0.15) is 30.7 Å². The van der Waals surface area contributed by atoms with Gasteiger partial charge in [0.15, 0.2) is 10.1 Å². The van der Waals surface area contributed by atoms with Gasteiger partial charge in [0.05, 0.1) is 37.5 Å². The zero-order valence-electron chi connectivity index (χ0n) is 21.7. The fraction of sp³-hybridized carbons (Fsp3) is 0.259. The van der Waals surface area contributed by atoms with Gasteiger partial charge in [-0.2, -0.15) is 5.26 Å². The second-order valence-electron chi connectivity index (χ2n) is 8.89. The summed E-state index contributed by atoms with van der Waals surface area (Å²) in [6.07, 6.45) is 4.96. The Morgan fingerprint density at radius 2 is 2.02 bits per heavy atom. The lowest BCUT2D eigenvalue weighted by molar-refractivity contribution is -0.116. The van der Waals surface area contributed by atoms with E-state index in [2.05, 4.69) is 26.6 Å². The maximum Gasteiger partial charge on any atom is 0.234 e. The molecule has 0 radical (unpaired) electrons. The van der Waals surface area contributed by atoms with E-state index >= 15 is 0 Å². The number of nitrogens with one attached hydrogen (secondary N) is 1. The summed E-state index contributed by atoms with van der Waals surface area (Å²) in [6, 6.07) is 10.9. The SMILES string of the molecule is COc1cc(NC(=O)CSc2nnc(N3C(N)=C(C#N)C(c4cccnc4)C4=C3CCCC4=O)s2)cc(OC)c1. The number of hydrogen-bond donors (Lipinski definition) is 2. The number of carbonyl (C=O) groups excluding carboxylic acids is 2. The molecular formula is C27H25N7O4S2. The van der Waals surface area contributed by atoms with Crippen molar-refractivity contribution in [3.8, 4) is 17.6 Å². The number of allylic oxidation sites excluding steroid dienone is 3. The average Bonchev–Trinajstić information content (AvgIpc) is 3.44. The van der Waals surface area contributed by atoms with E-state index in [1.54, 1.807) is 41.6 Å². The number of methoxy groups -OCH3 is 2. The Bertz CT molecular complexity index is 1540. The number of hydrogen-bond acceptors (Lipinski definition) is 12. The quantitative estimate of drug-likeness (QED) is 0.374. The maximum absolute atomic E-state index is 13.2. The van der Waals surface area contributed by atoms with Crippen LogP contribution in [-0.4, -0.2) is 46.8 Å². The molecule has 1 unspecified atom stereocenters. The summed E-state index contributed by atoms with van der Waals surface area (Å²) in [5.74, 6) is 0.550. The molecule has 1 atom stereocenters. The van der Waals surface area contributed by atoms with Crippen LogP contribution < -0.4 is 25.4 Å². The number of ether oxygens (including phenoxy) is 2. The molecule has 0 fully saturated rings. The van der Waals surface area contributed by atoms with Crippen LogP contribution in [0.3, 0.4) is 0 Å². The van der Waals surface area contributed by atoms with Crippen molar-refractivity contribution in [1.82, 2.24) is 15.2 Å². The Hall–Kier alpha value is -4.41. The maximum atomic E-state index is 13.2. The van der Waals surface area contributed by atoms with Gasteiger partial charge in [0.1, 0.15) is 17.3 Å². The van der Waals surface area contributed by atoms with E-state index in [-0.39, 0.29) is 28.8 Å². The Kier molecular flexibility index (Phi) is 7.99. The predicted octanol–water partition coefficient (Wildman–Crippen LogP) is 3.99. The van der Waals surface area contributed by atoms with Crippen LogP contribution in [0.2, 0.25) is 0 Å². The first-order chi connectivity index (χ1) is 19.4. The molecule has 2 aliphatic rings. The third-order valence-electron chi connectivity index (χ3n) is 6.48. The number of ketones is 1. The van der Waals surface area contributed by atoms with Crippen LogP contribution in [0.4, 0.5) is 10.8 Å². The van der Waals surface area contributed by atoms with Gasteiger partial charge in [-0.1, -0.05) is 29.2 Å². The van der Waals surface area contributed by atoms with Crippen LogP contribution in [0.25, 0.3) is 0 Å². The lowest BCUT2D eigenvalue weighted by Crippen LogP contribution is -2.38. The predicted molar refractivity (Wildman–Crippen MR) is 151 cm³/mol. The van der Waals surface area contributed by atoms with Gasteiger partial charge in [-0.05, 0) is 24.5 Å². The number of anilines is 2. The minimum Gasteiger partial charge on any atom is -0.497 e. The van der Waals surface area contributed by atoms with Gasteiger partial charge in [-0.25, -0.2) is 0 Å². The van der Waals surface area contributed by atoms with Crippen molar-refractivity contribution in [3.63, 3.8) is 0 Å². The molecule has 5 rings (SSSR count). The summed E-state index contributed by atoms with van der Waals surface area (Å²) in [4.78, 5) is 31.7. The van der Waals surface area contributed by atoms with E-state index < -0.39 is 5.92 Å². The molecule has 1 aromatic carbocycles. The number of pyridine rings is 1. The van der Waals surface area contributed by atoms with Gasteiger partial charge < -0.3 is 20.5 Å². The highest BCUT2D eigenvalue weighted by molar-refractivity contribution is 8.01. The van der Waals surface area contributed by atoms with Crippen molar-refractivity contribution in [2.45, 2.75) is 29.5 Å². The Balaban J connectivity index is 1.38. The molecule has 13 heteroatoms. The first-order valence-electron chi connectivity index (χ1n) is 12.3. The highest BCUT2D eigenvalue weighted by atomic mass is 32.2. The number of nitrogens with two attached hydrogens (primary N) is 1. The largest absolute Gasteiger partial charge is 0.497 e. The van der Waals surface area contributed by atoms with Crippen molar-refractivity contribution in [2.75, 3.05) is 30.2 Å². The van der Waals surface area contributed by atoms with Gasteiger partial charge in [-0.15, -0.1) is 10.2 Å². The van der Waals surface area contributed by atoms with Crippen LogP contribution in [-0.2, 0) is 9.59 Å². The monoisotopic (exact) mass is 575 g/mol. The number of amides is 1. The summed E-state index contributed by atoms with van der Waals surface area (Å²) in [5, 5.41) is 21.9. The molecule has 204 valence electrons. The fourth-order valence-electron chi connectivity index (χ4n) is 4.74. The van der Waals surface area contributed by atoms with Crippen molar-refractivity contribution in [2.24, 2.45) is 5.73 Å². The number of thioether (sulfide) groups is 1. The summed E-state index contributed by atoms with van der Waals surface area (Å²) in [6.45, 7) is 0. The number of benzene rings is 1. The number of rotatable bonds is 8. The highest BCUT2D eigenvalue weighted by Crippen LogP contribution is 2.47. The van der Waals surface area contributed by atoms with Gasteiger partial charge >= 0.3 is 0 Å². The van der Waals surface area contributed by atoms with Crippen molar-refractivity contribution < 1.29 is 19.1 Å². The number of nitrogens with zero attached hydrogens (tertiary/aromatic N) is 5. The Labute approximate surface area is 238 Å². The molecule has 1 amide bonds. The molecule has 0 saturated heterocycles. The molecule has 40 heavy (non-hydrogen) atoms. The summed E-state index contributed by atoms with van der Waals surface area (Å²) in [7, 11) is 3.07. The Morgan fingerprint density at radius 3 is 2.70 bits per heavy atom. The standard InChI is InChI=1S/C27H25N7O4S2/c1-37-17-9-16(10-18(11-17)38-2)31-22(36)14-39-27-33-32-26(40-27)34-20-6-3-7-21(35)24(20)23(19(12-28)25(34)29)15-5-4-8-30-13-15/h4-5,8-11,13,23H,3,6-7,14,29H2,1-2H3,(H,31,36). The minimum absolute atomic E-state index is 0.0229. The van der Waals surface area contributed by atoms with Gasteiger partial charge in [-0.3, -0.25) is 19.5 Å². The number of carbonyl (C=O) groups is 2. The van der Waals surface area contributed by atoms with Gasteiger partial charge in [0.2, 0.25) is 11.0 Å². The second-order valence-corrected chi connectivity index (χ2v) is 11.1. The smallest absolute Gasteiger partial charge is 0.234 e. The normalized spacial score (nSPS) is 16.9. The topological polar surface area (TPSA) is 156 Å². The first-order valence-corrected chi connectivity index (χ1v) is 14.1. The van der Waals surface area contributed by atoms with Crippen LogP contribution in [0, 0.1) is 11.3 Å². The Morgan fingerprint density at radius 1 is 1.25 bits per heavy atom. The number of aromatic nitrogens is 3. The van der Waals surface area contributed by atoms with Crippen LogP contribution in [0.15, 0.2) is 69.7 Å². The fourth-order valence-corrected chi connectivity index (χ4v) is 6.42. The zero-order chi connectivity index (χ0) is 28.2. The molecule has 3 heterocycles. The lowest BCUT2D eigenvalue weighted by atomic mass is 9.76. The molecule has 0 saturated carbocycles. The van der Waals surface area contributed by atoms with Crippen molar-refractivity contribution in [3.05, 3.63) is 71.0 Å². The third kappa shape index (κ3) is 5.36. The summed E-state index contributed by atoms with van der Waals surface area (Å²) in [5.41, 5.74) is 9.38. The van der Waals surface area contributed by atoms with Crippen LogP contribution >= 0.6 is 23.1 Å². The first kappa shape index (κ1) is 27.2. The minimum atomic E-state index is -0.585. The molecule has 11 nitrogen and oxygen atoms in total. The van der Waals surface area contributed by atoms with E-state index in [0.29, 0.717) is 51.5 Å². The molecule has 0 bridgehead atoms.